The van der Waals surface area contributed by atoms with Gasteiger partial charge in [0.15, 0.2) is 9.84 Å². The Hall–Kier alpha value is -2.35. The standard InChI is InChI=1S/C17H20N4O3S/c1-10-15(11(2)21(20-10)12-7-8-25(23,24)9-12)16-18-14-6-4-3-5-13(14)17(22)19-16/h3-6,12,16,18H,7-9H2,1-2H3,(H,19,22)/t12-,16+/m1/s1. The van der Waals surface area contributed by atoms with E-state index in [1.54, 1.807) is 6.07 Å². The van der Waals surface area contributed by atoms with Gasteiger partial charge in [0.25, 0.3) is 5.91 Å². The molecular weight excluding hydrogens is 340 g/mol. The molecule has 4 rings (SSSR count). The van der Waals surface area contributed by atoms with Crippen molar-refractivity contribution < 1.29 is 13.2 Å². The molecule has 2 aliphatic heterocycles. The van der Waals surface area contributed by atoms with E-state index >= 15 is 0 Å². The molecule has 3 heterocycles. The van der Waals surface area contributed by atoms with E-state index in [2.05, 4.69) is 15.7 Å². The highest BCUT2D eigenvalue weighted by molar-refractivity contribution is 7.91. The van der Waals surface area contributed by atoms with Crippen LogP contribution in [0.3, 0.4) is 0 Å². The highest BCUT2D eigenvalue weighted by Crippen LogP contribution is 2.32. The lowest BCUT2D eigenvalue weighted by molar-refractivity contribution is 0.0935. The van der Waals surface area contributed by atoms with E-state index in [1.165, 1.54) is 0 Å². The number of anilines is 1. The number of aryl methyl sites for hydroxylation is 1. The van der Waals surface area contributed by atoms with Crippen LogP contribution in [0, 0.1) is 13.8 Å². The summed E-state index contributed by atoms with van der Waals surface area (Å²) in [7, 11) is -2.98. The fraction of sp³-hybridized carbons (Fsp3) is 0.412. The number of rotatable bonds is 2. The first-order chi connectivity index (χ1) is 11.9. The number of para-hydroxylation sites is 1. The molecule has 2 N–H and O–H groups in total. The van der Waals surface area contributed by atoms with Gasteiger partial charge in [-0.15, -0.1) is 0 Å². The van der Waals surface area contributed by atoms with E-state index in [9.17, 15) is 13.2 Å². The van der Waals surface area contributed by atoms with Crippen molar-refractivity contribution in [2.24, 2.45) is 0 Å². The maximum absolute atomic E-state index is 12.4. The summed E-state index contributed by atoms with van der Waals surface area (Å²) in [5.41, 5.74) is 3.97. The molecule has 0 aliphatic carbocycles. The van der Waals surface area contributed by atoms with Crippen molar-refractivity contribution in [3.8, 4) is 0 Å². The third-order valence-electron chi connectivity index (χ3n) is 4.97. The van der Waals surface area contributed by atoms with Gasteiger partial charge in [0.1, 0.15) is 6.17 Å². The first-order valence-corrected chi connectivity index (χ1v) is 10.1. The van der Waals surface area contributed by atoms with Crippen LogP contribution in [-0.2, 0) is 9.84 Å². The molecule has 1 saturated heterocycles. The molecule has 8 heteroatoms. The van der Waals surface area contributed by atoms with Gasteiger partial charge in [-0.3, -0.25) is 9.48 Å². The van der Waals surface area contributed by atoms with Gasteiger partial charge >= 0.3 is 0 Å². The Bertz CT molecular complexity index is 964. The molecule has 2 atom stereocenters. The van der Waals surface area contributed by atoms with Gasteiger partial charge in [0.05, 0.1) is 28.8 Å². The van der Waals surface area contributed by atoms with E-state index in [-0.39, 0.29) is 29.6 Å². The van der Waals surface area contributed by atoms with Crippen LogP contribution in [0.4, 0.5) is 5.69 Å². The number of benzene rings is 1. The van der Waals surface area contributed by atoms with E-state index in [1.807, 2.05) is 36.7 Å². The summed E-state index contributed by atoms with van der Waals surface area (Å²) in [6.07, 6.45) is 0.200. The normalized spacial score (nSPS) is 24.5. The lowest BCUT2D eigenvalue weighted by Gasteiger charge is -2.28. The summed E-state index contributed by atoms with van der Waals surface area (Å²) < 4.78 is 25.4. The van der Waals surface area contributed by atoms with Gasteiger partial charge in [0.2, 0.25) is 0 Å². The summed E-state index contributed by atoms with van der Waals surface area (Å²) in [6, 6.07) is 7.23. The monoisotopic (exact) mass is 360 g/mol. The van der Waals surface area contributed by atoms with Crippen LogP contribution in [0.1, 0.15) is 45.9 Å². The smallest absolute Gasteiger partial charge is 0.255 e. The summed E-state index contributed by atoms with van der Waals surface area (Å²) in [5.74, 6) is 0.202. The largest absolute Gasteiger partial charge is 0.361 e. The minimum absolute atomic E-state index is 0.127. The number of fused-ring (bicyclic) bond motifs is 1. The molecule has 1 fully saturated rings. The number of nitrogens with zero attached hydrogens (tertiary/aromatic N) is 2. The Morgan fingerprint density at radius 3 is 2.68 bits per heavy atom. The number of hydrogen-bond donors (Lipinski definition) is 2. The topological polar surface area (TPSA) is 93.1 Å². The highest BCUT2D eigenvalue weighted by Gasteiger charge is 2.34. The Balaban J connectivity index is 1.69. The minimum atomic E-state index is -2.98. The summed E-state index contributed by atoms with van der Waals surface area (Å²) >= 11 is 0. The van der Waals surface area contributed by atoms with Crippen molar-refractivity contribution in [3.63, 3.8) is 0 Å². The molecule has 2 aliphatic rings. The average molecular weight is 360 g/mol. The molecule has 7 nitrogen and oxygen atoms in total. The second kappa shape index (κ2) is 5.59. The van der Waals surface area contributed by atoms with E-state index < -0.39 is 9.84 Å². The summed E-state index contributed by atoms with van der Waals surface area (Å²) in [6.45, 7) is 3.81. The van der Waals surface area contributed by atoms with Crippen LogP contribution in [0.5, 0.6) is 0 Å². The second-order valence-corrected chi connectivity index (χ2v) is 8.91. The molecule has 0 unspecified atom stereocenters. The molecule has 132 valence electrons. The fourth-order valence-corrected chi connectivity index (χ4v) is 5.46. The Morgan fingerprint density at radius 1 is 1.20 bits per heavy atom. The van der Waals surface area contributed by atoms with Gasteiger partial charge < -0.3 is 10.6 Å². The SMILES string of the molecule is Cc1nn([C@@H]2CCS(=O)(=O)C2)c(C)c1[C@@H]1NC(=O)c2ccccc2N1. The summed E-state index contributed by atoms with van der Waals surface area (Å²) in [4.78, 5) is 12.4. The molecule has 0 saturated carbocycles. The average Bonchev–Trinajstić information content (AvgIpc) is 3.06. The molecule has 0 spiro atoms. The van der Waals surface area contributed by atoms with Gasteiger partial charge in [-0.05, 0) is 32.4 Å². The number of carbonyl (C=O) groups excluding carboxylic acids is 1. The van der Waals surface area contributed by atoms with E-state index in [0.717, 1.165) is 22.6 Å². The number of sulfone groups is 1. The molecule has 0 bridgehead atoms. The predicted molar refractivity (Wildman–Crippen MR) is 94.3 cm³/mol. The van der Waals surface area contributed by atoms with Crippen LogP contribution in [0.2, 0.25) is 0 Å². The number of aromatic nitrogens is 2. The molecular formula is C17H20N4O3S. The Labute approximate surface area is 146 Å². The van der Waals surface area contributed by atoms with Gasteiger partial charge in [-0.25, -0.2) is 8.42 Å². The van der Waals surface area contributed by atoms with Gasteiger partial charge in [-0.1, -0.05) is 12.1 Å². The molecule has 1 aromatic carbocycles. The summed E-state index contributed by atoms with van der Waals surface area (Å²) in [5, 5.41) is 10.9. The van der Waals surface area contributed by atoms with Crippen molar-refractivity contribution in [2.75, 3.05) is 16.8 Å². The molecule has 1 amide bonds. The van der Waals surface area contributed by atoms with Gasteiger partial charge in [0, 0.05) is 16.9 Å². The van der Waals surface area contributed by atoms with Crippen molar-refractivity contribution in [1.29, 1.82) is 0 Å². The van der Waals surface area contributed by atoms with Crippen molar-refractivity contribution in [2.45, 2.75) is 32.5 Å². The van der Waals surface area contributed by atoms with Crippen LogP contribution in [-0.4, -0.2) is 35.6 Å². The van der Waals surface area contributed by atoms with Gasteiger partial charge in [-0.2, -0.15) is 5.10 Å². The quantitative estimate of drug-likeness (QED) is 0.850. The zero-order chi connectivity index (χ0) is 17.8. The lowest BCUT2D eigenvalue weighted by atomic mass is 10.0. The second-order valence-electron chi connectivity index (χ2n) is 6.68. The third-order valence-corrected chi connectivity index (χ3v) is 6.72. The zero-order valence-corrected chi connectivity index (χ0v) is 14.9. The molecule has 0 radical (unpaired) electrons. The number of hydrogen-bond acceptors (Lipinski definition) is 5. The molecule has 25 heavy (non-hydrogen) atoms. The van der Waals surface area contributed by atoms with Crippen LogP contribution < -0.4 is 10.6 Å². The van der Waals surface area contributed by atoms with Crippen molar-refractivity contribution in [3.05, 3.63) is 46.8 Å². The first kappa shape index (κ1) is 16.1. The maximum Gasteiger partial charge on any atom is 0.255 e. The Morgan fingerprint density at radius 2 is 1.96 bits per heavy atom. The lowest BCUT2D eigenvalue weighted by Crippen LogP contribution is -2.39. The predicted octanol–water partition coefficient (Wildman–Crippen LogP) is 1.71. The molecule has 1 aromatic heterocycles. The van der Waals surface area contributed by atoms with Crippen LogP contribution in [0.25, 0.3) is 0 Å². The van der Waals surface area contributed by atoms with Crippen LogP contribution >= 0.6 is 0 Å². The third kappa shape index (κ3) is 2.70. The Kier molecular flexibility index (Phi) is 3.61. The van der Waals surface area contributed by atoms with Crippen molar-refractivity contribution in [1.82, 2.24) is 15.1 Å². The number of amides is 1. The number of carbonyl (C=O) groups is 1. The van der Waals surface area contributed by atoms with E-state index in [0.29, 0.717) is 12.0 Å². The first-order valence-electron chi connectivity index (χ1n) is 8.28. The molecule has 2 aromatic rings. The van der Waals surface area contributed by atoms with Crippen LogP contribution in [0.15, 0.2) is 24.3 Å². The minimum Gasteiger partial charge on any atom is -0.361 e. The number of nitrogens with one attached hydrogen (secondary N) is 2. The van der Waals surface area contributed by atoms with Crippen molar-refractivity contribution >= 4 is 21.4 Å². The highest BCUT2D eigenvalue weighted by atomic mass is 32.2. The fourth-order valence-electron chi connectivity index (χ4n) is 3.77. The maximum atomic E-state index is 12.4. The van der Waals surface area contributed by atoms with E-state index in [4.69, 9.17) is 0 Å². The zero-order valence-electron chi connectivity index (χ0n) is 14.1.